The van der Waals surface area contributed by atoms with E-state index in [1.54, 1.807) is 14.2 Å². The molecule has 1 heterocycles. The second kappa shape index (κ2) is 5.27. The lowest BCUT2D eigenvalue weighted by atomic mass is 9.57. The number of carbonyl (C=O) groups is 1. The molecule has 0 aliphatic heterocycles. The van der Waals surface area contributed by atoms with Crippen LogP contribution < -0.4 is 10.1 Å². The maximum atomic E-state index is 12.9. The fourth-order valence-corrected chi connectivity index (χ4v) is 4.10. The van der Waals surface area contributed by atoms with Crippen LogP contribution in [0.5, 0.6) is 5.88 Å². The number of nitrogens with zero attached hydrogens (tertiary/aromatic N) is 1. The highest BCUT2D eigenvalue weighted by Crippen LogP contribution is 2.51. The average molecular weight is 298 g/mol. The Hall–Kier alpha value is -2.10. The number of pyridine rings is 1. The molecule has 4 heteroatoms. The number of hydrogen-bond acceptors (Lipinski definition) is 3. The van der Waals surface area contributed by atoms with E-state index >= 15 is 0 Å². The lowest BCUT2D eigenvalue weighted by Gasteiger charge is -2.46. The summed E-state index contributed by atoms with van der Waals surface area (Å²) in [4.78, 5) is 17.5. The Labute approximate surface area is 131 Å². The van der Waals surface area contributed by atoms with Crippen LogP contribution in [0.15, 0.2) is 35.4 Å². The summed E-state index contributed by atoms with van der Waals surface area (Å²) in [5.41, 5.74) is 3.82. The van der Waals surface area contributed by atoms with E-state index < -0.39 is 5.41 Å². The van der Waals surface area contributed by atoms with E-state index in [2.05, 4.69) is 29.4 Å². The van der Waals surface area contributed by atoms with Gasteiger partial charge in [0.15, 0.2) is 0 Å². The van der Waals surface area contributed by atoms with Crippen molar-refractivity contribution in [2.75, 3.05) is 14.2 Å². The fraction of sp³-hybridized carbons (Fsp3) is 0.444. The highest BCUT2D eigenvalue weighted by atomic mass is 16.5. The minimum absolute atomic E-state index is 0.0472. The first-order valence-corrected chi connectivity index (χ1v) is 7.67. The van der Waals surface area contributed by atoms with Gasteiger partial charge in [0.1, 0.15) is 5.41 Å². The van der Waals surface area contributed by atoms with Crippen molar-refractivity contribution in [2.24, 2.45) is 5.92 Å². The SMILES string of the molecule is CC=C1C2C=C(C)CC1(C(=O)NC)c1ccc(OC)nc1C2. The molecule has 1 amide bonds. The maximum Gasteiger partial charge on any atom is 0.234 e. The number of hydrogen-bond donors (Lipinski definition) is 1. The highest BCUT2D eigenvalue weighted by Gasteiger charge is 2.51. The minimum atomic E-state index is -0.625. The van der Waals surface area contributed by atoms with Crippen molar-refractivity contribution in [2.45, 2.75) is 32.1 Å². The predicted octanol–water partition coefficient (Wildman–Crippen LogP) is 2.54. The summed E-state index contributed by atoms with van der Waals surface area (Å²) in [6, 6.07) is 3.86. The summed E-state index contributed by atoms with van der Waals surface area (Å²) in [7, 11) is 3.33. The molecule has 2 aliphatic carbocycles. The van der Waals surface area contributed by atoms with E-state index in [4.69, 9.17) is 4.74 Å². The molecule has 2 bridgehead atoms. The standard InChI is InChI=1S/C18H22N2O2/c1-5-13-12-8-11(2)10-18(13,17(21)19-3)14-6-7-16(22-4)20-15(14)9-12/h5-8,12H,9-10H2,1-4H3,(H,19,21). The molecule has 0 fully saturated rings. The second-order valence-corrected chi connectivity index (χ2v) is 6.08. The Morgan fingerprint density at radius 2 is 2.27 bits per heavy atom. The molecule has 4 nitrogen and oxygen atoms in total. The number of methoxy groups -OCH3 is 1. The Bertz CT molecular complexity index is 690. The van der Waals surface area contributed by atoms with Crippen molar-refractivity contribution in [3.8, 4) is 5.88 Å². The molecule has 0 radical (unpaired) electrons. The van der Waals surface area contributed by atoms with Crippen LogP contribution in [0.4, 0.5) is 0 Å². The van der Waals surface area contributed by atoms with E-state index in [1.807, 2.05) is 19.1 Å². The maximum absolute atomic E-state index is 12.9. The molecule has 0 saturated carbocycles. The lowest BCUT2D eigenvalue weighted by Crippen LogP contribution is -2.51. The van der Waals surface area contributed by atoms with Crippen molar-refractivity contribution >= 4 is 5.91 Å². The van der Waals surface area contributed by atoms with Crippen LogP contribution in [0.2, 0.25) is 0 Å². The third kappa shape index (κ3) is 1.90. The molecule has 0 aromatic carbocycles. The Kier molecular flexibility index (Phi) is 3.55. The molecular formula is C18H22N2O2. The van der Waals surface area contributed by atoms with Gasteiger partial charge in [-0.1, -0.05) is 23.8 Å². The van der Waals surface area contributed by atoms with Gasteiger partial charge < -0.3 is 10.1 Å². The van der Waals surface area contributed by atoms with E-state index in [-0.39, 0.29) is 11.8 Å². The van der Waals surface area contributed by atoms with Gasteiger partial charge in [0.25, 0.3) is 0 Å². The Morgan fingerprint density at radius 3 is 2.91 bits per heavy atom. The predicted molar refractivity (Wildman–Crippen MR) is 85.9 cm³/mol. The third-order valence-electron chi connectivity index (χ3n) is 4.88. The lowest BCUT2D eigenvalue weighted by molar-refractivity contribution is -0.125. The van der Waals surface area contributed by atoms with Gasteiger partial charge in [-0.3, -0.25) is 4.79 Å². The molecule has 3 rings (SSSR count). The molecule has 1 aromatic rings. The zero-order valence-corrected chi connectivity index (χ0v) is 13.6. The summed E-state index contributed by atoms with van der Waals surface area (Å²) >= 11 is 0. The van der Waals surface area contributed by atoms with Crippen molar-refractivity contribution in [1.29, 1.82) is 0 Å². The zero-order valence-electron chi connectivity index (χ0n) is 13.6. The normalized spacial score (nSPS) is 27.9. The van der Waals surface area contributed by atoms with E-state index in [1.165, 1.54) is 11.1 Å². The van der Waals surface area contributed by atoms with Gasteiger partial charge in [-0.25, -0.2) is 4.98 Å². The van der Waals surface area contributed by atoms with Crippen LogP contribution >= 0.6 is 0 Å². The quantitative estimate of drug-likeness (QED) is 0.854. The van der Waals surface area contributed by atoms with Crippen molar-refractivity contribution in [1.82, 2.24) is 10.3 Å². The van der Waals surface area contributed by atoms with Crippen molar-refractivity contribution in [3.63, 3.8) is 0 Å². The number of allylic oxidation sites excluding steroid dienone is 3. The molecule has 2 aliphatic rings. The first-order valence-electron chi connectivity index (χ1n) is 7.67. The van der Waals surface area contributed by atoms with Gasteiger partial charge in [0, 0.05) is 31.1 Å². The van der Waals surface area contributed by atoms with Gasteiger partial charge in [-0.15, -0.1) is 0 Å². The largest absolute Gasteiger partial charge is 0.481 e. The van der Waals surface area contributed by atoms with Gasteiger partial charge >= 0.3 is 0 Å². The molecule has 1 aromatic heterocycles. The van der Waals surface area contributed by atoms with E-state index in [9.17, 15) is 4.79 Å². The van der Waals surface area contributed by atoms with Crippen LogP contribution in [0, 0.1) is 5.92 Å². The van der Waals surface area contributed by atoms with Crippen LogP contribution in [0.3, 0.4) is 0 Å². The number of likely N-dealkylation sites (N-methyl/N-ethyl adjacent to an activating group) is 1. The number of ether oxygens (including phenoxy) is 1. The van der Waals surface area contributed by atoms with Crippen LogP contribution in [0.25, 0.3) is 0 Å². The van der Waals surface area contributed by atoms with E-state index in [0.717, 1.165) is 17.7 Å². The van der Waals surface area contributed by atoms with Crippen LogP contribution in [-0.2, 0) is 16.6 Å². The number of nitrogens with one attached hydrogen (secondary N) is 1. The molecular weight excluding hydrogens is 276 g/mol. The Morgan fingerprint density at radius 1 is 1.50 bits per heavy atom. The number of fused-ring (bicyclic) bond motifs is 4. The average Bonchev–Trinajstić information content (AvgIpc) is 2.52. The van der Waals surface area contributed by atoms with E-state index in [0.29, 0.717) is 12.3 Å². The number of carbonyl (C=O) groups excluding carboxylic acids is 1. The van der Waals surface area contributed by atoms with Crippen LogP contribution in [0.1, 0.15) is 31.5 Å². The number of rotatable bonds is 2. The summed E-state index contributed by atoms with van der Waals surface area (Å²) in [5, 5.41) is 2.87. The van der Waals surface area contributed by atoms with Gasteiger partial charge in [0.2, 0.25) is 11.8 Å². The summed E-state index contributed by atoms with van der Waals surface area (Å²) < 4.78 is 5.25. The molecule has 2 unspecified atom stereocenters. The third-order valence-corrected chi connectivity index (χ3v) is 4.88. The zero-order chi connectivity index (χ0) is 15.9. The number of aromatic nitrogens is 1. The van der Waals surface area contributed by atoms with Crippen molar-refractivity contribution in [3.05, 3.63) is 46.7 Å². The monoisotopic (exact) mass is 298 g/mol. The van der Waals surface area contributed by atoms with Gasteiger partial charge in [0.05, 0.1) is 7.11 Å². The van der Waals surface area contributed by atoms with Crippen LogP contribution in [-0.4, -0.2) is 25.0 Å². The first kappa shape index (κ1) is 14.8. The van der Waals surface area contributed by atoms with Crippen molar-refractivity contribution < 1.29 is 9.53 Å². The summed E-state index contributed by atoms with van der Waals surface area (Å²) in [6.45, 7) is 4.13. The number of amides is 1. The first-order chi connectivity index (χ1) is 10.6. The molecule has 116 valence electrons. The summed E-state index contributed by atoms with van der Waals surface area (Å²) in [5.74, 6) is 0.891. The fourth-order valence-electron chi connectivity index (χ4n) is 4.10. The smallest absolute Gasteiger partial charge is 0.234 e. The molecule has 0 saturated heterocycles. The van der Waals surface area contributed by atoms with Gasteiger partial charge in [-0.05, 0) is 31.4 Å². The van der Waals surface area contributed by atoms with Gasteiger partial charge in [-0.2, -0.15) is 0 Å². The Balaban J connectivity index is 2.29. The topological polar surface area (TPSA) is 51.2 Å². The minimum Gasteiger partial charge on any atom is -0.481 e. The highest BCUT2D eigenvalue weighted by molar-refractivity contribution is 5.93. The molecule has 2 atom stereocenters. The second-order valence-electron chi connectivity index (χ2n) is 6.08. The molecule has 0 spiro atoms. The molecule has 1 N–H and O–H groups in total. The summed E-state index contributed by atoms with van der Waals surface area (Å²) in [6.07, 6.45) is 5.92. The molecule has 22 heavy (non-hydrogen) atoms.